The monoisotopic (exact) mass is 286 g/mol. The van der Waals surface area contributed by atoms with E-state index in [9.17, 15) is 9.59 Å². The molecule has 0 spiro atoms. The second kappa shape index (κ2) is 6.74. The lowest BCUT2D eigenvalue weighted by Gasteiger charge is -2.31. The van der Waals surface area contributed by atoms with Crippen LogP contribution in [-0.2, 0) is 9.53 Å². The Labute approximate surface area is 123 Å². The molecule has 1 fully saturated rings. The van der Waals surface area contributed by atoms with Crippen molar-refractivity contribution in [3.05, 3.63) is 54.2 Å². The minimum atomic E-state index is -0.636. The number of rotatable bonds is 4. The van der Waals surface area contributed by atoms with Crippen LogP contribution in [-0.4, -0.2) is 24.6 Å². The Balaban J connectivity index is 2.19. The zero-order valence-electron chi connectivity index (χ0n) is 11.8. The van der Waals surface area contributed by atoms with Gasteiger partial charge >= 0.3 is 12.0 Å². The molecule has 2 atom stereocenters. The number of ether oxygens (including phenoxy) is 1. The summed E-state index contributed by atoms with van der Waals surface area (Å²) >= 11 is 0. The van der Waals surface area contributed by atoms with Gasteiger partial charge in [0.05, 0.1) is 12.6 Å². The van der Waals surface area contributed by atoms with Gasteiger partial charge in [0.1, 0.15) is 5.92 Å². The first-order valence-corrected chi connectivity index (χ1v) is 6.78. The smallest absolute Gasteiger partial charge is 0.319 e. The molecule has 2 amide bonds. The number of amides is 2. The molecule has 21 heavy (non-hydrogen) atoms. The molecule has 0 bridgehead atoms. The number of nitrogens with one attached hydrogen (secondary N) is 2. The molecule has 2 N–H and O–H groups in total. The Morgan fingerprint density at radius 2 is 2.10 bits per heavy atom. The van der Waals surface area contributed by atoms with Crippen LogP contribution < -0.4 is 10.6 Å². The summed E-state index contributed by atoms with van der Waals surface area (Å²) in [6.07, 6.45) is 3.64. The van der Waals surface area contributed by atoms with Gasteiger partial charge in [-0.2, -0.15) is 0 Å². The van der Waals surface area contributed by atoms with Gasteiger partial charge in [0.25, 0.3) is 0 Å². The second-order valence-electron chi connectivity index (χ2n) is 4.65. The highest BCUT2D eigenvalue weighted by Crippen LogP contribution is 2.20. The summed E-state index contributed by atoms with van der Waals surface area (Å²) in [6, 6.07) is 8.78. The lowest BCUT2D eigenvalue weighted by Crippen LogP contribution is -2.55. The standard InChI is InChI=1S/C16H18N2O3/c1-3-21-15(19)14-11(2)17-16(20)18-13(14)10-9-12-7-5-4-6-8-12/h4-10,13-14H,2-3H2,1H3,(H2,17,18,20). The molecule has 5 nitrogen and oxygen atoms in total. The average Bonchev–Trinajstić information content (AvgIpc) is 2.45. The van der Waals surface area contributed by atoms with Gasteiger partial charge in [0.15, 0.2) is 0 Å². The molecule has 110 valence electrons. The van der Waals surface area contributed by atoms with E-state index in [1.807, 2.05) is 36.4 Å². The van der Waals surface area contributed by atoms with Gasteiger partial charge in [-0.05, 0) is 12.5 Å². The first kappa shape index (κ1) is 14.8. The molecule has 1 aliphatic heterocycles. The molecule has 0 aromatic heterocycles. The van der Waals surface area contributed by atoms with Gasteiger partial charge in [0.2, 0.25) is 0 Å². The summed E-state index contributed by atoms with van der Waals surface area (Å²) in [5, 5.41) is 5.23. The third-order valence-corrected chi connectivity index (χ3v) is 3.14. The Morgan fingerprint density at radius 3 is 2.76 bits per heavy atom. The third kappa shape index (κ3) is 3.72. The lowest BCUT2D eigenvalue weighted by atomic mass is 9.94. The summed E-state index contributed by atoms with van der Waals surface area (Å²) in [7, 11) is 0. The highest BCUT2D eigenvalue weighted by molar-refractivity contribution is 5.85. The zero-order chi connectivity index (χ0) is 15.2. The maximum absolute atomic E-state index is 12.0. The van der Waals surface area contributed by atoms with E-state index in [-0.39, 0.29) is 12.6 Å². The molecule has 5 heteroatoms. The maximum atomic E-state index is 12.0. The van der Waals surface area contributed by atoms with Gasteiger partial charge in [-0.3, -0.25) is 4.79 Å². The van der Waals surface area contributed by atoms with Crippen molar-refractivity contribution in [2.24, 2.45) is 5.92 Å². The fraction of sp³-hybridized carbons (Fsp3) is 0.250. The van der Waals surface area contributed by atoms with Crippen molar-refractivity contribution >= 4 is 18.1 Å². The van der Waals surface area contributed by atoms with Crippen LogP contribution in [0.25, 0.3) is 6.08 Å². The van der Waals surface area contributed by atoms with Crippen molar-refractivity contribution in [2.45, 2.75) is 13.0 Å². The van der Waals surface area contributed by atoms with E-state index < -0.39 is 17.9 Å². The van der Waals surface area contributed by atoms with E-state index in [1.54, 1.807) is 13.0 Å². The largest absolute Gasteiger partial charge is 0.465 e. The third-order valence-electron chi connectivity index (χ3n) is 3.14. The first-order valence-electron chi connectivity index (χ1n) is 6.78. The Kier molecular flexibility index (Phi) is 4.77. The van der Waals surface area contributed by atoms with E-state index in [4.69, 9.17) is 4.74 Å². The molecule has 0 radical (unpaired) electrons. The molecule has 2 rings (SSSR count). The van der Waals surface area contributed by atoms with Crippen LogP contribution in [0.15, 0.2) is 48.7 Å². The van der Waals surface area contributed by atoms with Crippen LogP contribution in [0.3, 0.4) is 0 Å². The van der Waals surface area contributed by atoms with Crippen molar-refractivity contribution in [2.75, 3.05) is 6.61 Å². The summed E-state index contributed by atoms with van der Waals surface area (Å²) in [4.78, 5) is 23.6. The average molecular weight is 286 g/mol. The number of urea groups is 1. The molecule has 0 saturated carbocycles. The molecular formula is C16H18N2O3. The Morgan fingerprint density at radius 1 is 1.38 bits per heavy atom. The fourth-order valence-corrected chi connectivity index (χ4v) is 2.17. The predicted octanol–water partition coefficient (Wildman–Crippen LogP) is 2.07. The molecule has 1 aliphatic rings. The predicted molar refractivity (Wildman–Crippen MR) is 80.2 cm³/mol. The van der Waals surface area contributed by atoms with Crippen LogP contribution in [0.1, 0.15) is 12.5 Å². The number of hydrogen-bond acceptors (Lipinski definition) is 3. The number of carbonyl (C=O) groups is 2. The van der Waals surface area contributed by atoms with Crippen molar-refractivity contribution < 1.29 is 14.3 Å². The number of benzene rings is 1. The molecular weight excluding hydrogens is 268 g/mol. The van der Waals surface area contributed by atoms with E-state index in [0.717, 1.165) is 5.56 Å². The second-order valence-corrected chi connectivity index (χ2v) is 4.65. The summed E-state index contributed by atoms with van der Waals surface area (Å²) in [5.41, 5.74) is 1.33. The highest BCUT2D eigenvalue weighted by Gasteiger charge is 2.36. The van der Waals surface area contributed by atoms with Crippen LogP contribution >= 0.6 is 0 Å². The molecule has 2 unspecified atom stereocenters. The summed E-state index contributed by atoms with van der Waals surface area (Å²) in [5.74, 6) is -1.04. The van der Waals surface area contributed by atoms with E-state index >= 15 is 0 Å². The molecule has 1 aromatic rings. The minimum Gasteiger partial charge on any atom is -0.465 e. The van der Waals surface area contributed by atoms with Crippen LogP contribution in [0.5, 0.6) is 0 Å². The number of esters is 1. The maximum Gasteiger partial charge on any atom is 0.319 e. The summed E-state index contributed by atoms with van der Waals surface area (Å²) < 4.78 is 5.04. The zero-order valence-corrected chi connectivity index (χ0v) is 11.8. The van der Waals surface area contributed by atoms with E-state index in [1.165, 1.54) is 0 Å². The van der Waals surface area contributed by atoms with Gasteiger partial charge in [0, 0.05) is 5.70 Å². The van der Waals surface area contributed by atoms with Crippen LogP contribution in [0, 0.1) is 5.92 Å². The van der Waals surface area contributed by atoms with Gasteiger partial charge in [-0.1, -0.05) is 49.1 Å². The number of carbonyl (C=O) groups excluding carboxylic acids is 2. The van der Waals surface area contributed by atoms with Crippen molar-refractivity contribution in [1.82, 2.24) is 10.6 Å². The molecule has 0 aliphatic carbocycles. The van der Waals surface area contributed by atoms with Crippen molar-refractivity contribution in [1.29, 1.82) is 0 Å². The quantitative estimate of drug-likeness (QED) is 0.833. The van der Waals surface area contributed by atoms with Crippen molar-refractivity contribution in [3.8, 4) is 0 Å². The Hall–Kier alpha value is -2.56. The summed E-state index contributed by atoms with van der Waals surface area (Å²) in [6.45, 7) is 5.77. The minimum absolute atomic E-state index is 0.283. The van der Waals surface area contributed by atoms with Crippen LogP contribution in [0.2, 0.25) is 0 Å². The SMILES string of the molecule is C=C1NC(=O)NC(C=Cc2ccccc2)C1C(=O)OCC. The highest BCUT2D eigenvalue weighted by atomic mass is 16.5. The van der Waals surface area contributed by atoms with Gasteiger partial charge in [-0.15, -0.1) is 0 Å². The first-order chi connectivity index (χ1) is 10.1. The topological polar surface area (TPSA) is 67.4 Å². The Bertz CT molecular complexity index is 566. The lowest BCUT2D eigenvalue weighted by molar-refractivity contribution is -0.147. The molecule has 1 heterocycles. The molecule has 1 aromatic carbocycles. The molecule has 1 saturated heterocycles. The van der Waals surface area contributed by atoms with E-state index in [2.05, 4.69) is 17.2 Å². The normalized spacial score (nSPS) is 21.8. The van der Waals surface area contributed by atoms with Crippen molar-refractivity contribution in [3.63, 3.8) is 0 Å². The fourth-order valence-electron chi connectivity index (χ4n) is 2.17. The van der Waals surface area contributed by atoms with E-state index in [0.29, 0.717) is 5.70 Å². The van der Waals surface area contributed by atoms with Gasteiger partial charge < -0.3 is 15.4 Å². The van der Waals surface area contributed by atoms with Gasteiger partial charge in [-0.25, -0.2) is 4.79 Å². The van der Waals surface area contributed by atoms with Crippen LogP contribution in [0.4, 0.5) is 4.79 Å². The number of hydrogen-bond donors (Lipinski definition) is 2.